The Morgan fingerprint density at radius 1 is 1.08 bits per heavy atom. The van der Waals surface area contributed by atoms with Crippen molar-refractivity contribution >= 4 is 29.1 Å². The molecule has 0 aromatic heterocycles. The highest BCUT2D eigenvalue weighted by Gasteiger charge is 2.51. The molecule has 1 spiro atoms. The zero-order valence-electron chi connectivity index (χ0n) is 15.6. The lowest BCUT2D eigenvalue weighted by Gasteiger charge is -2.60. The molecule has 26 heavy (non-hydrogen) atoms. The first kappa shape index (κ1) is 19.1. The Labute approximate surface area is 159 Å². The number of rotatable bonds is 5. The lowest BCUT2D eigenvalue weighted by atomic mass is 9.73. The topological polar surface area (TPSA) is 64.7 Å². The molecule has 0 bridgehead atoms. The third-order valence-electron chi connectivity index (χ3n) is 4.59. The summed E-state index contributed by atoms with van der Waals surface area (Å²) < 4.78 is 0. The summed E-state index contributed by atoms with van der Waals surface area (Å²) in [5.41, 5.74) is 0.791. The van der Waals surface area contributed by atoms with E-state index in [1.165, 1.54) is 0 Å². The number of nitrogens with one attached hydrogen (secondary N) is 2. The molecule has 142 valence electrons. The maximum Gasteiger partial charge on any atom is 0.238 e. The number of anilines is 1. The molecule has 0 aliphatic carbocycles. The van der Waals surface area contributed by atoms with Crippen molar-refractivity contribution in [2.75, 3.05) is 44.6 Å². The number of hydrogen-bond acceptors (Lipinski definition) is 4. The molecule has 2 fully saturated rings. The smallest absolute Gasteiger partial charge is 0.238 e. The van der Waals surface area contributed by atoms with E-state index in [1.807, 2.05) is 32.9 Å². The summed E-state index contributed by atoms with van der Waals surface area (Å²) >= 11 is 5.93. The van der Waals surface area contributed by atoms with Crippen LogP contribution >= 0.6 is 11.6 Å². The number of carbonyl (C=O) groups is 2. The van der Waals surface area contributed by atoms with Crippen LogP contribution in [0.25, 0.3) is 0 Å². The van der Waals surface area contributed by atoms with Gasteiger partial charge in [0, 0.05) is 47.8 Å². The van der Waals surface area contributed by atoms with Crippen molar-refractivity contribution in [2.45, 2.75) is 26.3 Å². The van der Waals surface area contributed by atoms with E-state index < -0.39 is 0 Å². The quantitative estimate of drug-likeness (QED) is 0.820. The molecule has 0 radical (unpaired) electrons. The average molecular weight is 379 g/mol. The molecule has 1 aromatic carbocycles. The van der Waals surface area contributed by atoms with Gasteiger partial charge in [0.25, 0.3) is 0 Å². The van der Waals surface area contributed by atoms with Gasteiger partial charge in [0.05, 0.1) is 13.1 Å². The average Bonchev–Trinajstić information content (AvgIpc) is 2.40. The maximum absolute atomic E-state index is 12.1. The summed E-state index contributed by atoms with van der Waals surface area (Å²) in [6.07, 6.45) is 0. The third-order valence-corrected chi connectivity index (χ3v) is 4.83. The Morgan fingerprint density at radius 3 is 2.19 bits per heavy atom. The van der Waals surface area contributed by atoms with Crippen LogP contribution in [0.5, 0.6) is 0 Å². The van der Waals surface area contributed by atoms with E-state index >= 15 is 0 Å². The number of likely N-dealkylation sites (tertiary alicyclic amines) is 2. The van der Waals surface area contributed by atoms with E-state index in [0.717, 1.165) is 31.9 Å². The number of nitrogens with zero attached hydrogens (tertiary/aromatic N) is 2. The van der Waals surface area contributed by atoms with Crippen LogP contribution in [-0.2, 0) is 9.59 Å². The second-order valence-electron chi connectivity index (χ2n) is 8.65. The van der Waals surface area contributed by atoms with Crippen LogP contribution < -0.4 is 10.6 Å². The van der Waals surface area contributed by atoms with Gasteiger partial charge in [0.1, 0.15) is 0 Å². The van der Waals surface area contributed by atoms with Gasteiger partial charge in [0.15, 0.2) is 0 Å². The molecule has 0 atom stereocenters. The minimum Gasteiger partial charge on any atom is -0.350 e. The normalized spacial score (nSPS) is 19.5. The molecule has 2 aliphatic rings. The molecule has 0 saturated carbocycles. The Balaban J connectivity index is 1.35. The van der Waals surface area contributed by atoms with Crippen molar-refractivity contribution in [1.29, 1.82) is 0 Å². The highest BCUT2D eigenvalue weighted by atomic mass is 35.5. The molecule has 2 N–H and O–H groups in total. The van der Waals surface area contributed by atoms with E-state index in [-0.39, 0.29) is 22.8 Å². The van der Waals surface area contributed by atoms with Gasteiger partial charge >= 0.3 is 0 Å². The fraction of sp³-hybridized carbons (Fsp3) is 0.579. The SMILES string of the molecule is CC(C)(C)NC(=O)CN1CC2(CN(CC(=O)Nc3cccc(Cl)c3)C2)C1. The van der Waals surface area contributed by atoms with Gasteiger partial charge < -0.3 is 10.6 Å². The van der Waals surface area contributed by atoms with Crippen LogP contribution in [-0.4, -0.2) is 66.4 Å². The van der Waals surface area contributed by atoms with Crippen LogP contribution in [0.4, 0.5) is 5.69 Å². The highest BCUT2D eigenvalue weighted by molar-refractivity contribution is 6.30. The zero-order valence-corrected chi connectivity index (χ0v) is 16.4. The second-order valence-corrected chi connectivity index (χ2v) is 9.08. The molecular formula is C19H27ClN4O2. The van der Waals surface area contributed by atoms with Crippen LogP contribution in [0.2, 0.25) is 5.02 Å². The standard InChI is InChI=1S/C19H27ClN4O2/c1-18(2,3)22-17(26)9-24-12-19(13-24)10-23(11-19)8-16(25)21-15-6-4-5-14(20)7-15/h4-7H,8-13H2,1-3H3,(H,21,25)(H,22,26). The third kappa shape index (κ3) is 4.96. The summed E-state index contributed by atoms with van der Waals surface area (Å²) in [6.45, 7) is 10.5. The number of halogens is 1. The van der Waals surface area contributed by atoms with Gasteiger partial charge in [-0.2, -0.15) is 0 Å². The monoisotopic (exact) mass is 378 g/mol. The molecule has 1 aromatic rings. The lowest BCUT2D eigenvalue weighted by molar-refractivity contribution is -0.141. The number of benzene rings is 1. The van der Waals surface area contributed by atoms with Crippen LogP contribution in [0.3, 0.4) is 0 Å². The first-order chi connectivity index (χ1) is 12.1. The van der Waals surface area contributed by atoms with Gasteiger partial charge in [-0.1, -0.05) is 17.7 Å². The van der Waals surface area contributed by atoms with E-state index in [0.29, 0.717) is 18.1 Å². The molecule has 3 rings (SSSR count). The van der Waals surface area contributed by atoms with Crippen molar-refractivity contribution in [1.82, 2.24) is 15.1 Å². The van der Waals surface area contributed by atoms with Crippen molar-refractivity contribution in [2.24, 2.45) is 5.41 Å². The minimum absolute atomic E-state index is 0.0251. The number of hydrogen-bond donors (Lipinski definition) is 2. The van der Waals surface area contributed by atoms with Gasteiger partial charge in [-0.15, -0.1) is 0 Å². The fourth-order valence-electron chi connectivity index (χ4n) is 3.86. The molecule has 2 heterocycles. The zero-order chi connectivity index (χ0) is 18.9. The largest absolute Gasteiger partial charge is 0.350 e. The molecule has 2 amide bonds. The van der Waals surface area contributed by atoms with Gasteiger partial charge in [-0.3, -0.25) is 19.4 Å². The van der Waals surface area contributed by atoms with E-state index in [1.54, 1.807) is 12.1 Å². The number of carbonyl (C=O) groups excluding carboxylic acids is 2. The first-order valence-electron chi connectivity index (χ1n) is 8.94. The van der Waals surface area contributed by atoms with Gasteiger partial charge in [-0.05, 0) is 39.0 Å². The van der Waals surface area contributed by atoms with Crippen molar-refractivity contribution in [3.05, 3.63) is 29.3 Å². The van der Waals surface area contributed by atoms with E-state index in [4.69, 9.17) is 11.6 Å². The summed E-state index contributed by atoms with van der Waals surface area (Å²) in [4.78, 5) is 28.4. The molecule has 6 nitrogen and oxygen atoms in total. The lowest BCUT2D eigenvalue weighted by Crippen LogP contribution is -2.73. The van der Waals surface area contributed by atoms with Crippen LogP contribution in [0, 0.1) is 5.41 Å². The molecule has 2 saturated heterocycles. The summed E-state index contributed by atoms with van der Waals surface area (Å²) in [6, 6.07) is 7.16. The highest BCUT2D eigenvalue weighted by Crippen LogP contribution is 2.39. The van der Waals surface area contributed by atoms with Crippen molar-refractivity contribution in [3.8, 4) is 0 Å². The van der Waals surface area contributed by atoms with Gasteiger partial charge in [0.2, 0.25) is 11.8 Å². The predicted molar refractivity (Wildman–Crippen MR) is 103 cm³/mol. The summed E-state index contributed by atoms with van der Waals surface area (Å²) in [5, 5.41) is 6.47. The minimum atomic E-state index is -0.191. The predicted octanol–water partition coefficient (Wildman–Crippen LogP) is 1.81. The Kier molecular flexibility index (Phi) is 5.28. The molecule has 7 heteroatoms. The van der Waals surface area contributed by atoms with Crippen molar-refractivity contribution in [3.63, 3.8) is 0 Å². The van der Waals surface area contributed by atoms with E-state index in [2.05, 4.69) is 20.4 Å². The van der Waals surface area contributed by atoms with Crippen LogP contribution in [0.15, 0.2) is 24.3 Å². The second kappa shape index (κ2) is 7.18. The fourth-order valence-corrected chi connectivity index (χ4v) is 4.05. The van der Waals surface area contributed by atoms with Crippen molar-refractivity contribution < 1.29 is 9.59 Å². The summed E-state index contributed by atoms with van der Waals surface area (Å²) in [7, 11) is 0. The molecule has 2 aliphatic heterocycles. The first-order valence-corrected chi connectivity index (χ1v) is 9.32. The Bertz CT molecular complexity index is 687. The van der Waals surface area contributed by atoms with E-state index in [9.17, 15) is 9.59 Å². The van der Waals surface area contributed by atoms with Crippen LogP contribution in [0.1, 0.15) is 20.8 Å². The molecular weight excluding hydrogens is 352 g/mol. The Hall–Kier alpha value is -1.63. The summed E-state index contributed by atoms with van der Waals surface area (Å²) in [5.74, 6) is 0.0484. The Morgan fingerprint density at radius 2 is 1.65 bits per heavy atom. The molecule has 0 unspecified atom stereocenters. The maximum atomic E-state index is 12.1. The van der Waals surface area contributed by atoms with Gasteiger partial charge in [-0.25, -0.2) is 0 Å². The number of amides is 2.